The molecule has 0 fully saturated rings. The van der Waals surface area contributed by atoms with Crippen molar-refractivity contribution in [1.82, 2.24) is 19.5 Å². The summed E-state index contributed by atoms with van der Waals surface area (Å²) in [7, 11) is 0. The lowest BCUT2D eigenvalue weighted by atomic mass is 10.1. The molecular formula is C13H7Cl2N5. The van der Waals surface area contributed by atoms with Crippen LogP contribution in [0.15, 0.2) is 30.6 Å². The molecule has 3 rings (SSSR count). The van der Waals surface area contributed by atoms with Crippen molar-refractivity contribution in [3.05, 3.63) is 52.2 Å². The zero-order valence-corrected chi connectivity index (χ0v) is 11.6. The Morgan fingerprint density at radius 2 is 1.90 bits per heavy atom. The number of rotatable bonds is 2. The number of benzene rings is 1. The molecule has 0 saturated heterocycles. The minimum Gasteiger partial charge on any atom is -0.311 e. The summed E-state index contributed by atoms with van der Waals surface area (Å²) in [6.45, 7) is 0.561. The van der Waals surface area contributed by atoms with Gasteiger partial charge in [0, 0.05) is 0 Å². The summed E-state index contributed by atoms with van der Waals surface area (Å²) in [5.41, 5.74) is 2.75. The average molecular weight is 304 g/mol. The fraction of sp³-hybridized carbons (Fsp3) is 0.0769. The number of nitriles is 1. The van der Waals surface area contributed by atoms with E-state index in [1.165, 1.54) is 0 Å². The van der Waals surface area contributed by atoms with Crippen LogP contribution >= 0.6 is 23.2 Å². The predicted molar refractivity (Wildman–Crippen MR) is 75.6 cm³/mol. The molecule has 0 bridgehead atoms. The van der Waals surface area contributed by atoms with Crippen LogP contribution in [0.2, 0.25) is 10.4 Å². The second-order valence-corrected chi connectivity index (χ2v) is 4.83. The average Bonchev–Trinajstić information content (AvgIpc) is 2.83. The van der Waals surface area contributed by atoms with Gasteiger partial charge in [-0.25, -0.2) is 9.97 Å². The summed E-state index contributed by atoms with van der Waals surface area (Å²) < 4.78 is 1.83. The van der Waals surface area contributed by atoms with Gasteiger partial charge in [0.25, 0.3) is 0 Å². The van der Waals surface area contributed by atoms with E-state index in [9.17, 15) is 0 Å². The number of imidazole rings is 1. The Labute approximate surface area is 124 Å². The van der Waals surface area contributed by atoms with E-state index in [1.54, 1.807) is 18.5 Å². The first-order valence-electron chi connectivity index (χ1n) is 5.70. The van der Waals surface area contributed by atoms with Crippen LogP contribution in [-0.4, -0.2) is 19.5 Å². The van der Waals surface area contributed by atoms with E-state index in [1.807, 2.05) is 16.7 Å². The van der Waals surface area contributed by atoms with E-state index in [2.05, 4.69) is 21.0 Å². The van der Waals surface area contributed by atoms with Gasteiger partial charge in [0.2, 0.25) is 5.28 Å². The molecule has 7 heteroatoms. The molecule has 0 unspecified atom stereocenters. The molecule has 0 atom stereocenters. The normalized spacial score (nSPS) is 10.7. The van der Waals surface area contributed by atoms with Gasteiger partial charge in [-0.05, 0) is 29.3 Å². The van der Waals surface area contributed by atoms with Crippen LogP contribution < -0.4 is 0 Å². The molecule has 2 heterocycles. The minimum absolute atomic E-state index is 0.0871. The third kappa shape index (κ3) is 2.31. The van der Waals surface area contributed by atoms with Gasteiger partial charge in [0.1, 0.15) is 5.52 Å². The zero-order chi connectivity index (χ0) is 14.1. The van der Waals surface area contributed by atoms with E-state index in [-0.39, 0.29) is 10.4 Å². The lowest BCUT2D eigenvalue weighted by Gasteiger charge is -2.04. The Balaban J connectivity index is 2.00. The zero-order valence-electron chi connectivity index (χ0n) is 10.1. The third-order valence-corrected chi connectivity index (χ3v) is 3.26. The Morgan fingerprint density at radius 1 is 1.15 bits per heavy atom. The van der Waals surface area contributed by atoms with Crippen LogP contribution in [0.5, 0.6) is 0 Å². The highest BCUT2D eigenvalue weighted by atomic mass is 35.5. The molecule has 20 heavy (non-hydrogen) atoms. The van der Waals surface area contributed by atoms with Gasteiger partial charge in [-0.3, -0.25) is 0 Å². The summed E-state index contributed by atoms with van der Waals surface area (Å²) in [6, 6.07) is 9.38. The van der Waals surface area contributed by atoms with Crippen molar-refractivity contribution >= 4 is 34.4 Å². The Hall–Kier alpha value is -2.16. The number of aromatic nitrogens is 4. The van der Waals surface area contributed by atoms with E-state index in [0.717, 1.165) is 5.56 Å². The highest BCUT2D eigenvalue weighted by Gasteiger charge is 2.11. The molecule has 0 spiro atoms. The monoisotopic (exact) mass is 303 g/mol. The van der Waals surface area contributed by atoms with Gasteiger partial charge >= 0.3 is 0 Å². The van der Waals surface area contributed by atoms with Crippen LogP contribution in [-0.2, 0) is 6.54 Å². The number of halogens is 2. The Bertz CT molecular complexity index is 817. The van der Waals surface area contributed by atoms with E-state index < -0.39 is 0 Å². The quantitative estimate of drug-likeness (QED) is 0.539. The molecule has 0 radical (unpaired) electrons. The molecule has 0 N–H and O–H groups in total. The Kier molecular flexibility index (Phi) is 3.26. The molecule has 0 aliphatic rings. The maximum atomic E-state index is 8.78. The first-order valence-corrected chi connectivity index (χ1v) is 6.46. The molecule has 0 aliphatic carbocycles. The minimum atomic E-state index is 0.0871. The van der Waals surface area contributed by atoms with Gasteiger partial charge in [0.15, 0.2) is 10.8 Å². The first kappa shape index (κ1) is 12.9. The molecule has 3 aromatic rings. The van der Waals surface area contributed by atoms with Gasteiger partial charge in [-0.2, -0.15) is 10.2 Å². The first-order chi connectivity index (χ1) is 9.67. The van der Waals surface area contributed by atoms with E-state index >= 15 is 0 Å². The van der Waals surface area contributed by atoms with Crippen LogP contribution in [0.3, 0.4) is 0 Å². The largest absolute Gasteiger partial charge is 0.311 e. The Morgan fingerprint density at radius 3 is 2.60 bits per heavy atom. The third-order valence-electron chi connectivity index (χ3n) is 2.83. The molecule has 0 saturated carbocycles. The molecule has 98 valence electrons. The summed E-state index contributed by atoms with van der Waals surface area (Å²) in [4.78, 5) is 12.2. The molecule has 0 aliphatic heterocycles. The fourth-order valence-electron chi connectivity index (χ4n) is 1.88. The second kappa shape index (κ2) is 5.08. The van der Waals surface area contributed by atoms with Gasteiger partial charge in [0.05, 0.1) is 24.5 Å². The van der Waals surface area contributed by atoms with E-state index in [0.29, 0.717) is 23.3 Å². The lowest BCUT2D eigenvalue weighted by molar-refractivity contribution is 0.813. The molecular weight excluding hydrogens is 297 g/mol. The standard InChI is InChI=1S/C13H7Cl2N5/c14-11-10-12(19-13(15)18-11)20(7-17-10)6-9-3-1-8(5-16)2-4-9/h1-4,7H,6H2. The maximum absolute atomic E-state index is 8.78. The van der Waals surface area contributed by atoms with Crippen molar-refractivity contribution < 1.29 is 0 Å². The van der Waals surface area contributed by atoms with Crippen LogP contribution in [0.25, 0.3) is 11.2 Å². The number of hydrogen-bond donors (Lipinski definition) is 0. The molecule has 0 amide bonds. The lowest BCUT2D eigenvalue weighted by Crippen LogP contribution is -2.00. The van der Waals surface area contributed by atoms with E-state index in [4.69, 9.17) is 28.5 Å². The van der Waals surface area contributed by atoms with Crippen molar-refractivity contribution in [1.29, 1.82) is 5.26 Å². The predicted octanol–water partition coefficient (Wildman–Crippen LogP) is 3.05. The molecule has 5 nitrogen and oxygen atoms in total. The van der Waals surface area contributed by atoms with Crippen molar-refractivity contribution in [2.24, 2.45) is 0 Å². The topological polar surface area (TPSA) is 67.4 Å². The van der Waals surface area contributed by atoms with Gasteiger partial charge in [-0.15, -0.1) is 0 Å². The van der Waals surface area contributed by atoms with Gasteiger partial charge < -0.3 is 4.57 Å². The van der Waals surface area contributed by atoms with Crippen molar-refractivity contribution in [3.63, 3.8) is 0 Å². The van der Waals surface area contributed by atoms with Crippen LogP contribution in [0, 0.1) is 11.3 Å². The molecule has 1 aromatic carbocycles. The number of nitrogens with zero attached hydrogens (tertiary/aromatic N) is 5. The summed E-state index contributed by atoms with van der Waals surface area (Å²) >= 11 is 11.8. The fourth-order valence-corrected chi connectivity index (χ4v) is 2.30. The second-order valence-electron chi connectivity index (χ2n) is 4.14. The van der Waals surface area contributed by atoms with Crippen LogP contribution in [0.1, 0.15) is 11.1 Å². The van der Waals surface area contributed by atoms with Crippen molar-refractivity contribution in [2.75, 3.05) is 0 Å². The highest BCUT2D eigenvalue weighted by Crippen LogP contribution is 2.21. The number of hydrogen-bond acceptors (Lipinski definition) is 4. The summed E-state index contributed by atoms with van der Waals surface area (Å²) in [5, 5.41) is 9.10. The summed E-state index contributed by atoms with van der Waals surface area (Å²) in [5.74, 6) is 0. The van der Waals surface area contributed by atoms with Crippen molar-refractivity contribution in [3.8, 4) is 6.07 Å². The summed E-state index contributed by atoms with van der Waals surface area (Å²) in [6.07, 6.45) is 1.64. The number of fused-ring (bicyclic) bond motifs is 1. The SMILES string of the molecule is N#Cc1ccc(Cn2cnc3c(Cl)nc(Cl)nc32)cc1. The maximum Gasteiger partial charge on any atom is 0.225 e. The van der Waals surface area contributed by atoms with Gasteiger partial charge in [-0.1, -0.05) is 23.7 Å². The smallest absolute Gasteiger partial charge is 0.225 e. The van der Waals surface area contributed by atoms with Crippen LogP contribution in [0.4, 0.5) is 0 Å². The molecule has 2 aromatic heterocycles. The van der Waals surface area contributed by atoms with Crippen molar-refractivity contribution in [2.45, 2.75) is 6.54 Å². The highest BCUT2D eigenvalue weighted by molar-refractivity contribution is 6.35.